The molecule has 3 aliphatic carbocycles. The van der Waals surface area contributed by atoms with Crippen LogP contribution < -0.4 is 10.6 Å². The van der Waals surface area contributed by atoms with Crippen LogP contribution in [0.5, 0.6) is 0 Å². The third-order valence-corrected chi connectivity index (χ3v) is 8.01. The Kier molecular flexibility index (Phi) is 5.58. The van der Waals surface area contributed by atoms with Crippen LogP contribution in [0.2, 0.25) is 0 Å². The van der Waals surface area contributed by atoms with E-state index in [1.807, 2.05) is 24.3 Å². The molecular formula is C27H30N2O5. The van der Waals surface area contributed by atoms with Crippen LogP contribution in [0.1, 0.15) is 56.1 Å². The fourth-order valence-electron chi connectivity index (χ4n) is 5.99. The van der Waals surface area contributed by atoms with E-state index in [0.29, 0.717) is 0 Å². The van der Waals surface area contributed by atoms with Gasteiger partial charge in [-0.25, -0.2) is 4.79 Å². The molecule has 2 amide bonds. The van der Waals surface area contributed by atoms with Gasteiger partial charge in [0, 0.05) is 18.5 Å². The SMILES string of the molecule is C[C@H](CC(=O)O)NC(=O)C1(CNC(=O)OCC2c3ccccc3-c3ccccc32)CC12CCC2. The van der Waals surface area contributed by atoms with Crippen molar-refractivity contribution in [2.45, 2.75) is 51.0 Å². The number of carboxylic acid groups (broad SMARTS) is 1. The van der Waals surface area contributed by atoms with E-state index in [4.69, 9.17) is 9.84 Å². The first-order valence-electron chi connectivity index (χ1n) is 12.0. The monoisotopic (exact) mass is 462 g/mol. The normalized spacial score (nSPS) is 22.1. The van der Waals surface area contributed by atoms with E-state index in [0.717, 1.165) is 36.8 Å². The Labute approximate surface area is 198 Å². The van der Waals surface area contributed by atoms with E-state index in [-0.39, 0.29) is 36.8 Å². The van der Waals surface area contributed by atoms with Crippen molar-refractivity contribution in [1.82, 2.24) is 10.6 Å². The number of carbonyl (C=O) groups is 3. The Morgan fingerprint density at radius 3 is 2.21 bits per heavy atom. The highest BCUT2D eigenvalue weighted by molar-refractivity contribution is 5.89. The minimum Gasteiger partial charge on any atom is -0.481 e. The summed E-state index contributed by atoms with van der Waals surface area (Å²) in [4.78, 5) is 36.7. The largest absolute Gasteiger partial charge is 0.481 e. The summed E-state index contributed by atoms with van der Waals surface area (Å²) in [6.45, 7) is 2.11. The third-order valence-electron chi connectivity index (χ3n) is 8.01. The van der Waals surface area contributed by atoms with Crippen molar-refractivity contribution in [2.75, 3.05) is 13.2 Å². The lowest BCUT2D eigenvalue weighted by atomic mass is 9.74. The van der Waals surface area contributed by atoms with Crippen LogP contribution in [-0.4, -0.2) is 42.3 Å². The van der Waals surface area contributed by atoms with Gasteiger partial charge < -0.3 is 20.5 Å². The molecule has 0 heterocycles. The Balaban J connectivity index is 1.21. The van der Waals surface area contributed by atoms with Crippen LogP contribution >= 0.6 is 0 Å². The smallest absolute Gasteiger partial charge is 0.407 e. The average Bonchev–Trinajstić information content (AvgIpc) is 3.40. The van der Waals surface area contributed by atoms with Gasteiger partial charge in [-0.15, -0.1) is 0 Å². The fraction of sp³-hybridized carbons (Fsp3) is 0.444. The van der Waals surface area contributed by atoms with Crippen molar-refractivity contribution >= 4 is 18.0 Å². The molecule has 178 valence electrons. The molecule has 7 nitrogen and oxygen atoms in total. The van der Waals surface area contributed by atoms with Crippen LogP contribution in [0.25, 0.3) is 11.1 Å². The minimum absolute atomic E-state index is 0.0221. The van der Waals surface area contributed by atoms with Crippen LogP contribution in [0.3, 0.4) is 0 Å². The summed E-state index contributed by atoms with van der Waals surface area (Å²) < 4.78 is 5.64. The number of hydrogen-bond acceptors (Lipinski definition) is 4. The minimum atomic E-state index is -0.951. The van der Waals surface area contributed by atoms with Crippen molar-refractivity contribution in [1.29, 1.82) is 0 Å². The van der Waals surface area contributed by atoms with Crippen LogP contribution in [0.15, 0.2) is 48.5 Å². The second-order valence-electron chi connectivity index (χ2n) is 10.0. The number of rotatable bonds is 8. The molecule has 0 saturated heterocycles. The van der Waals surface area contributed by atoms with Gasteiger partial charge in [0.25, 0.3) is 0 Å². The number of amides is 2. The number of alkyl carbamates (subject to hydrolysis) is 1. The molecule has 3 aliphatic rings. The summed E-state index contributed by atoms with van der Waals surface area (Å²) in [5.74, 6) is -1.14. The van der Waals surface area contributed by atoms with Gasteiger partial charge in [0.15, 0.2) is 0 Å². The van der Waals surface area contributed by atoms with Crippen molar-refractivity contribution in [2.24, 2.45) is 10.8 Å². The molecule has 2 aromatic rings. The number of nitrogens with one attached hydrogen (secondary N) is 2. The van der Waals surface area contributed by atoms with E-state index in [2.05, 4.69) is 34.9 Å². The number of ether oxygens (including phenoxy) is 1. The maximum absolute atomic E-state index is 13.1. The topological polar surface area (TPSA) is 105 Å². The molecule has 2 aromatic carbocycles. The molecular weight excluding hydrogens is 432 g/mol. The number of hydrogen-bond donors (Lipinski definition) is 3. The summed E-state index contributed by atoms with van der Waals surface area (Å²) in [5, 5.41) is 14.7. The number of carboxylic acids is 1. The van der Waals surface area contributed by atoms with Gasteiger partial charge in [0.2, 0.25) is 5.91 Å². The zero-order valence-corrected chi connectivity index (χ0v) is 19.3. The van der Waals surface area contributed by atoms with Crippen molar-refractivity contribution in [3.05, 3.63) is 59.7 Å². The first-order chi connectivity index (χ1) is 16.4. The molecule has 0 radical (unpaired) electrons. The first kappa shape index (κ1) is 22.4. The van der Waals surface area contributed by atoms with Crippen LogP contribution in [0.4, 0.5) is 4.79 Å². The van der Waals surface area contributed by atoms with E-state index >= 15 is 0 Å². The van der Waals surface area contributed by atoms with Crippen LogP contribution in [0, 0.1) is 10.8 Å². The number of carbonyl (C=O) groups excluding carboxylic acids is 2. The lowest BCUT2D eigenvalue weighted by Crippen LogP contribution is -2.47. The lowest BCUT2D eigenvalue weighted by Gasteiger charge is -2.33. The summed E-state index contributed by atoms with van der Waals surface area (Å²) >= 11 is 0. The number of fused-ring (bicyclic) bond motifs is 3. The third kappa shape index (κ3) is 3.73. The molecule has 34 heavy (non-hydrogen) atoms. The summed E-state index contributed by atoms with van der Waals surface area (Å²) in [7, 11) is 0. The van der Waals surface area contributed by atoms with Gasteiger partial charge in [-0.2, -0.15) is 0 Å². The fourth-order valence-corrected chi connectivity index (χ4v) is 5.99. The highest BCUT2D eigenvalue weighted by Gasteiger charge is 2.73. The molecule has 2 fully saturated rings. The van der Waals surface area contributed by atoms with Gasteiger partial charge in [-0.3, -0.25) is 9.59 Å². The highest BCUT2D eigenvalue weighted by atomic mass is 16.5. The molecule has 2 atom stereocenters. The molecule has 0 aromatic heterocycles. The first-order valence-corrected chi connectivity index (χ1v) is 12.0. The van der Waals surface area contributed by atoms with Crippen LogP contribution in [-0.2, 0) is 14.3 Å². The summed E-state index contributed by atoms with van der Waals surface area (Å²) in [5.41, 5.74) is 3.89. The van der Waals surface area contributed by atoms with Crippen molar-refractivity contribution in [3.8, 4) is 11.1 Å². The maximum Gasteiger partial charge on any atom is 0.407 e. The van der Waals surface area contributed by atoms with E-state index in [1.165, 1.54) is 11.1 Å². The van der Waals surface area contributed by atoms with E-state index < -0.39 is 23.5 Å². The molecule has 7 heteroatoms. The molecule has 5 rings (SSSR count). The maximum atomic E-state index is 13.1. The van der Waals surface area contributed by atoms with E-state index in [1.54, 1.807) is 6.92 Å². The van der Waals surface area contributed by atoms with Gasteiger partial charge in [0.05, 0.1) is 11.8 Å². The number of benzene rings is 2. The quantitative estimate of drug-likeness (QED) is 0.549. The second kappa shape index (κ2) is 8.46. The zero-order chi connectivity index (χ0) is 23.9. The van der Waals surface area contributed by atoms with Crippen molar-refractivity contribution in [3.63, 3.8) is 0 Å². The van der Waals surface area contributed by atoms with Gasteiger partial charge in [-0.05, 0) is 53.9 Å². The Morgan fingerprint density at radius 1 is 1.06 bits per heavy atom. The highest BCUT2D eigenvalue weighted by Crippen LogP contribution is 2.73. The molecule has 2 saturated carbocycles. The Bertz CT molecular complexity index is 1100. The molecule has 3 N–H and O–H groups in total. The number of aliphatic carboxylic acids is 1. The van der Waals surface area contributed by atoms with Crippen molar-refractivity contribution < 1.29 is 24.2 Å². The predicted octanol–water partition coefficient (Wildman–Crippen LogP) is 4.06. The molecule has 0 aliphatic heterocycles. The average molecular weight is 463 g/mol. The van der Waals surface area contributed by atoms with Gasteiger partial charge in [0.1, 0.15) is 6.61 Å². The Morgan fingerprint density at radius 2 is 1.68 bits per heavy atom. The standard InChI is InChI=1S/C27H30N2O5/c1-17(13-23(30)31)29-24(32)27(15-26(27)11-6-12-26)16-28-25(33)34-14-22-20-9-4-2-7-18(20)19-8-3-5-10-21(19)22/h2-5,7-10,17,22H,6,11-16H2,1H3,(H,28,33)(H,29,32)(H,30,31)/t17-,27?/m1/s1. The summed E-state index contributed by atoms with van der Waals surface area (Å²) in [6, 6.07) is 15.9. The second-order valence-corrected chi connectivity index (χ2v) is 10.0. The zero-order valence-electron chi connectivity index (χ0n) is 19.3. The molecule has 1 spiro atoms. The molecule has 0 bridgehead atoms. The van der Waals surface area contributed by atoms with Gasteiger partial charge >= 0.3 is 12.1 Å². The van der Waals surface area contributed by atoms with E-state index in [9.17, 15) is 14.4 Å². The predicted molar refractivity (Wildman–Crippen MR) is 126 cm³/mol. The Hall–Kier alpha value is -3.35. The lowest BCUT2D eigenvalue weighted by molar-refractivity contribution is -0.137. The van der Waals surface area contributed by atoms with Gasteiger partial charge in [-0.1, -0.05) is 55.0 Å². The summed E-state index contributed by atoms with van der Waals surface area (Å²) in [6.07, 6.45) is 3.04. The molecule has 1 unspecified atom stereocenters.